The van der Waals surface area contributed by atoms with Crippen LogP contribution in [0.25, 0.3) is 0 Å². The van der Waals surface area contributed by atoms with Gasteiger partial charge in [-0.25, -0.2) is 0 Å². The fraction of sp³-hybridized carbons (Fsp3) is 0.667. The SMILES string of the molecule is Cc1cc2c(cc1C)[C@@H](N(C(=O)CCOC(C)C)C1CC1)CCCO2. The third kappa shape index (κ3) is 4.35. The van der Waals surface area contributed by atoms with Gasteiger partial charge in [0.15, 0.2) is 0 Å². The van der Waals surface area contributed by atoms with Crippen molar-refractivity contribution in [1.82, 2.24) is 4.90 Å². The molecule has 1 heterocycles. The van der Waals surface area contributed by atoms with Crippen LogP contribution in [-0.2, 0) is 9.53 Å². The molecule has 2 aliphatic rings. The largest absolute Gasteiger partial charge is 0.493 e. The van der Waals surface area contributed by atoms with Gasteiger partial charge in [-0.3, -0.25) is 4.79 Å². The van der Waals surface area contributed by atoms with Crippen molar-refractivity contribution in [1.29, 1.82) is 0 Å². The number of benzene rings is 1. The van der Waals surface area contributed by atoms with E-state index < -0.39 is 0 Å². The number of rotatable bonds is 6. The summed E-state index contributed by atoms with van der Waals surface area (Å²) in [7, 11) is 0. The molecule has 0 aromatic heterocycles. The average molecular weight is 345 g/mol. The number of ether oxygens (including phenoxy) is 2. The predicted molar refractivity (Wildman–Crippen MR) is 99.0 cm³/mol. The maximum Gasteiger partial charge on any atom is 0.225 e. The van der Waals surface area contributed by atoms with Crippen LogP contribution in [0.15, 0.2) is 12.1 Å². The zero-order valence-corrected chi connectivity index (χ0v) is 16.0. The molecule has 0 spiro atoms. The molecule has 1 aromatic rings. The Morgan fingerprint density at radius 3 is 2.64 bits per heavy atom. The fourth-order valence-electron chi connectivity index (χ4n) is 3.60. The molecule has 25 heavy (non-hydrogen) atoms. The Balaban J connectivity index is 1.84. The molecular weight excluding hydrogens is 314 g/mol. The van der Waals surface area contributed by atoms with Crippen molar-refractivity contribution in [2.45, 2.75) is 78.0 Å². The Hall–Kier alpha value is -1.55. The van der Waals surface area contributed by atoms with Crippen LogP contribution in [0.1, 0.15) is 68.7 Å². The first kappa shape index (κ1) is 18.2. The molecule has 0 saturated heterocycles. The number of fused-ring (bicyclic) bond motifs is 1. The van der Waals surface area contributed by atoms with Crippen LogP contribution in [-0.4, -0.2) is 36.2 Å². The Labute approximate surface area is 151 Å². The number of aryl methyl sites for hydroxylation is 2. The standard InChI is InChI=1S/C21H31NO3/c1-14(2)24-11-9-21(23)22(17-7-8-17)19-6-5-10-25-20-13-16(4)15(3)12-18(19)20/h12-14,17,19H,5-11H2,1-4H3/t19-/m0/s1. The average Bonchev–Trinajstić information content (AvgIpc) is 3.38. The van der Waals surface area contributed by atoms with Crippen molar-refractivity contribution in [2.75, 3.05) is 13.2 Å². The van der Waals surface area contributed by atoms with Crippen LogP contribution in [0.3, 0.4) is 0 Å². The highest BCUT2D eigenvalue weighted by Gasteiger charge is 2.39. The molecule has 138 valence electrons. The van der Waals surface area contributed by atoms with Crippen LogP contribution < -0.4 is 4.74 Å². The zero-order chi connectivity index (χ0) is 18.0. The van der Waals surface area contributed by atoms with Crippen molar-refractivity contribution < 1.29 is 14.3 Å². The molecule has 1 aliphatic heterocycles. The minimum atomic E-state index is 0.135. The molecule has 1 aliphatic carbocycles. The molecule has 1 amide bonds. The highest BCUT2D eigenvalue weighted by molar-refractivity contribution is 5.77. The van der Waals surface area contributed by atoms with Crippen LogP contribution in [0.4, 0.5) is 0 Å². The van der Waals surface area contributed by atoms with E-state index in [4.69, 9.17) is 9.47 Å². The molecule has 1 saturated carbocycles. The molecule has 4 heteroatoms. The van der Waals surface area contributed by atoms with Gasteiger partial charge in [-0.15, -0.1) is 0 Å². The van der Waals surface area contributed by atoms with E-state index >= 15 is 0 Å². The summed E-state index contributed by atoms with van der Waals surface area (Å²) in [6.45, 7) is 9.50. The lowest BCUT2D eigenvalue weighted by molar-refractivity contribution is -0.136. The van der Waals surface area contributed by atoms with Crippen LogP contribution >= 0.6 is 0 Å². The van der Waals surface area contributed by atoms with Crippen LogP contribution in [0, 0.1) is 13.8 Å². The summed E-state index contributed by atoms with van der Waals surface area (Å²) in [6.07, 6.45) is 4.83. The maximum absolute atomic E-state index is 13.0. The second kappa shape index (κ2) is 7.77. The monoisotopic (exact) mass is 345 g/mol. The van der Waals surface area contributed by atoms with Crippen LogP contribution in [0.5, 0.6) is 5.75 Å². The second-order valence-electron chi connectivity index (χ2n) is 7.68. The predicted octanol–water partition coefficient (Wildman–Crippen LogP) is 4.32. The van der Waals surface area contributed by atoms with Crippen molar-refractivity contribution in [2.24, 2.45) is 0 Å². The lowest BCUT2D eigenvalue weighted by Gasteiger charge is -2.32. The molecular formula is C21H31NO3. The Morgan fingerprint density at radius 2 is 1.96 bits per heavy atom. The van der Waals surface area contributed by atoms with Gasteiger partial charge in [0.2, 0.25) is 5.91 Å². The summed E-state index contributed by atoms with van der Waals surface area (Å²) in [6, 6.07) is 4.90. The Kier molecular flexibility index (Phi) is 5.67. The summed E-state index contributed by atoms with van der Waals surface area (Å²) in [5.41, 5.74) is 3.69. The third-order valence-electron chi connectivity index (χ3n) is 5.20. The maximum atomic E-state index is 13.0. The van der Waals surface area contributed by atoms with Gasteiger partial charge in [-0.05, 0) is 70.6 Å². The van der Waals surface area contributed by atoms with Gasteiger partial charge in [0, 0.05) is 11.6 Å². The Bertz CT molecular complexity index is 622. The van der Waals surface area contributed by atoms with Crippen molar-refractivity contribution in [3.05, 3.63) is 28.8 Å². The minimum Gasteiger partial charge on any atom is -0.493 e. The first-order valence-electron chi connectivity index (χ1n) is 9.64. The van der Waals surface area contributed by atoms with E-state index in [0.717, 1.165) is 38.0 Å². The fourth-order valence-corrected chi connectivity index (χ4v) is 3.60. The molecule has 0 N–H and O–H groups in total. The van der Waals surface area contributed by atoms with Gasteiger partial charge in [0.25, 0.3) is 0 Å². The van der Waals surface area contributed by atoms with Crippen LogP contribution in [0.2, 0.25) is 0 Å². The third-order valence-corrected chi connectivity index (χ3v) is 5.20. The normalized spacial score (nSPS) is 20.0. The number of nitrogens with zero attached hydrogens (tertiary/aromatic N) is 1. The van der Waals surface area contributed by atoms with E-state index in [2.05, 4.69) is 30.9 Å². The van der Waals surface area contributed by atoms with Gasteiger partial charge < -0.3 is 14.4 Å². The highest BCUT2D eigenvalue weighted by atomic mass is 16.5. The second-order valence-corrected chi connectivity index (χ2v) is 7.68. The first-order valence-corrected chi connectivity index (χ1v) is 9.64. The molecule has 1 aromatic carbocycles. The summed E-state index contributed by atoms with van der Waals surface area (Å²) in [5, 5.41) is 0. The van der Waals surface area contributed by atoms with Gasteiger partial charge in [-0.2, -0.15) is 0 Å². The van der Waals surface area contributed by atoms with Gasteiger partial charge >= 0.3 is 0 Å². The van der Waals surface area contributed by atoms with E-state index in [1.54, 1.807) is 0 Å². The minimum absolute atomic E-state index is 0.135. The van der Waals surface area contributed by atoms with Crippen molar-refractivity contribution in [3.8, 4) is 5.75 Å². The Morgan fingerprint density at radius 1 is 1.24 bits per heavy atom. The van der Waals surface area contributed by atoms with E-state index in [1.807, 2.05) is 13.8 Å². The van der Waals surface area contributed by atoms with E-state index in [9.17, 15) is 4.79 Å². The number of carbonyl (C=O) groups excluding carboxylic acids is 1. The smallest absolute Gasteiger partial charge is 0.225 e. The lowest BCUT2D eigenvalue weighted by atomic mass is 9.95. The number of amides is 1. The number of hydrogen-bond donors (Lipinski definition) is 0. The molecule has 0 unspecified atom stereocenters. The van der Waals surface area contributed by atoms with Gasteiger partial charge in [0.05, 0.1) is 31.8 Å². The van der Waals surface area contributed by atoms with Crippen molar-refractivity contribution in [3.63, 3.8) is 0 Å². The lowest BCUT2D eigenvalue weighted by Crippen LogP contribution is -2.37. The first-order chi connectivity index (χ1) is 12.0. The van der Waals surface area contributed by atoms with Gasteiger partial charge in [0.1, 0.15) is 5.75 Å². The summed E-state index contributed by atoms with van der Waals surface area (Å²) in [5.74, 6) is 1.18. The molecule has 3 rings (SSSR count). The zero-order valence-electron chi connectivity index (χ0n) is 16.0. The van der Waals surface area contributed by atoms with E-state index in [0.29, 0.717) is 19.1 Å². The molecule has 1 fully saturated rings. The summed E-state index contributed by atoms with van der Waals surface area (Å²) >= 11 is 0. The molecule has 0 bridgehead atoms. The van der Waals surface area contributed by atoms with Crippen molar-refractivity contribution >= 4 is 5.91 Å². The van der Waals surface area contributed by atoms with E-state index in [1.165, 1.54) is 16.7 Å². The molecule has 4 nitrogen and oxygen atoms in total. The summed E-state index contributed by atoms with van der Waals surface area (Å²) < 4.78 is 11.6. The summed E-state index contributed by atoms with van der Waals surface area (Å²) in [4.78, 5) is 15.1. The highest BCUT2D eigenvalue weighted by Crippen LogP contribution is 2.42. The quantitative estimate of drug-likeness (QED) is 0.770. The van der Waals surface area contributed by atoms with E-state index in [-0.39, 0.29) is 18.1 Å². The molecule has 0 radical (unpaired) electrons. The number of carbonyl (C=O) groups is 1. The van der Waals surface area contributed by atoms with Gasteiger partial charge in [-0.1, -0.05) is 6.07 Å². The number of hydrogen-bond acceptors (Lipinski definition) is 3. The molecule has 1 atom stereocenters. The topological polar surface area (TPSA) is 38.8 Å².